The molecule has 0 fully saturated rings. The van der Waals surface area contributed by atoms with Crippen molar-refractivity contribution in [1.82, 2.24) is 0 Å². The van der Waals surface area contributed by atoms with Crippen molar-refractivity contribution in [3.63, 3.8) is 0 Å². The predicted molar refractivity (Wildman–Crippen MR) is 70.1 cm³/mol. The second-order valence-electron chi connectivity index (χ2n) is 3.99. The Labute approximate surface area is 112 Å². The maximum absolute atomic E-state index is 12.0. The van der Waals surface area contributed by atoms with Gasteiger partial charge in [-0.1, -0.05) is 23.8 Å². The molecule has 0 aromatic heterocycles. The van der Waals surface area contributed by atoms with Crippen molar-refractivity contribution in [2.45, 2.75) is 11.8 Å². The Morgan fingerprint density at radius 2 is 1.79 bits per heavy atom. The smallest absolute Gasteiger partial charge is 0.339 e. The van der Waals surface area contributed by atoms with Gasteiger partial charge in [-0.05, 0) is 37.3 Å². The van der Waals surface area contributed by atoms with E-state index in [-0.39, 0.29) is 10.6 Å². The highest BCUT2D eigenvalue weighted by molar-refractivity contribution is 7.87. The van der Waals surface area contributed by atoms with Gasteiger partial charge in [0.25, 0.3) is 0 Å². The first kappa shape index (κ1) is 13.1. The Morgan fingerprint density at radius 3 is 2.42 bits per heavy atom. The molecular weight excluding hydrogens is 262 g/mol. The van der Waals surface area contributed by atoms with Gasteiger partial charge >= 0.3 is 10.1 Å². The number of hydrogen-bond acceptors (Lipinski definition) is 4. The Bertz CT molecular complexity index is 728. The standard InChI is InChI=1S/C14H11NO3S/c1-11-5-7-14(8-6-11)19(16,17)18-13-4-2-3-12(9-13)10-15/h2-9H,1H3. The number of aryl methyl sites for hydroxylation is 1. The SMILES string of the molecule is Cc1ccc(S(=O)(=O)Oc2cccc(C#N)c2)cc1. The summed E-state index contributed by atoms with van der Waals surface area (Å²) in [7, 11) is -3.86. The van der Waals surface area contributed by atoms with Gasteiger partial charge in [-0.25, -0.2) is 0 Å². The van der Waals surface area contributed by atoms with Crippen LogP contribution in [0.3, 0.4) is 0 Å². The van der Waals surface area contributed by atoms with Gasteiger partial charge in [-0.3, -0.25) is 0 Å². The van der Waals surface area contributed by atoms with Gasteiger partial charge in [-0.15, -0.1) is 0 Å². The average molecular weight is 273 g/mol. The monoisotopic (exact) mass is 273 g/mol. The lowest BCUT2D eigenvalue weighted by atomic mass is 10.2. The van der Waals surface area contributed by atoms with E-state index in [1.807, 2.05) is 13.0 Å². The summed E-state index contributed by atoms with van der Waals surface area (Å²) in [6, 6.07) is 14.3. The van der Waals surface area contributed by atoms with Gasteiger partial charge in [0, 0.05) is 0 Å². The zero-order valence-electron chi connectivity index (χ0n) is 10.2. The lowest BCUT2D eigenvalue weighted by molar-refractivity contribution is 0.486. The normalized spacial score (nSPS) is 10.7. The molecule has 2 rings (SSSR count). The van der Waals surface area contributed by atoms with E-state index in [9.17, 15) is 8.42 Å². The third-order valence-corrected chi connectivity index (χ3v) is 3.74. The molecule has 0 bridgehead atoms. The first-order chi connectivity index (χ1) is 9.01. The number of nitrogens with zero attached hydrogens (tertiary/aromatic N) is 1. The van der Waals surface area contributed by atoms with E-state index in [1.165, 1.54) is 24.3 Å². The van der Waals surface area contributed by atoms with Crippen LogP contribution in [-0.4, -0.2) is 8.42 Å². The van der Waals surface area contributed by atoms with Gasteiger partial charge in [-0.2, -0.15) is 13.7 Å². The molecule has 0 N–H and O–H groups in total. The van der Waals surface area contributed by atoms with Gasteiger partial charge in [0.05, 0.1) is 11.6 Å². The van der Waals surface area contributed by atoms with Crippen LogP contribution in [0.25, 0.3) is 0 Å². The van der Waals surface area contributed by atoms with Crippen molar-refractivity contribution < 1.29 is 12.6 Å². The molecule has 4 nitrogen and oxygen atoms in total. The van der Waals surface area contributed by atoms with Crippen LogP contribution >= 0.6 is 0 Å². The molecule has 0 heterocycles. The molecule has 0 aliphatic heterocycles. The molecule has 0 radical (unpaired) electrons. The van der Waals surface area contributed by atoms with E-state index in [1.54, 1.807) is 24.3 Å². The fraction of sp³-hybridized carbons (Fsp3) is 0.0714. The molecular formula is C14H11NO3S. The maximum atomic E-state index is 12.0. The third kappa shape index (κ3) is 3.12. The predicted octanol–water partition coefficient (Wildman–Crippen LogP) is 2.63. The summed E-state index contributed by atoms with van der Waals surface area (Å²) >= 11 is 0. The molecule has 0 saturated carbocycles. The van der Waals surface area contributed by atoms with Gasteiger partial charge in [0.15, 0.2) is 0 Å². The van der Waals surface area contributed by atoms with Crippen LogP contribution in [0.5, 0.6) is 5.75 Å². The summed E-state index contributed by atoms with van der Waals surface area (Å²) in [4.78, 5) is 0.0838. The molecule has 96 valence electrons. The summed E-state index contributed by atoms with van der Waals surface area (Å²) in [5.74, 6) is 0.125. The maximum Gasteiger partial charge on any atom is 0.339 e. The van der Waals surface area contributed by atoms with Crippen molar-refractivity contribution in [1.29, 1.82) is 5.26 Å². The van der Waals surface area contributed by atoms with Crippen LogP contribution in [0.2, 0.25) is 0 Å². The van der Waals surface area contributed by atoms with Crippen molar-refractivity contribution in [3.8, 4) is 11.8 Å². The Morgan fingerprint density at radius 1 is 1.11 bits per heavy atom. The average Bonchev–Trinajstić information content (AvgIpc) is 2.39. The van der Waals surface area contributed by atoms with Crippen LogP contribution in [0.15, 0.2) is 53.4 Å². The lowest BCUT2D eigenvalue weighted by Gasteiger charge is -2.07. The molecule has 2 aromatic carbocycles. The first-order valence-corrected chi connectivity index (χ1v) is 6.93. The Balaban J connectivity index is 2.31. The summed E-state index contributed by atoms with van der Waals surface area (Å²) in [6.45, 7) is 1.87. The zero-order chi connectivity index (χ0) is 13.9. The zero-order valence-corrected chi connectivity index (χ0v) is 11.0. The molecule has 2 aromatic rings. The fourth-order valence-corrected chi connectivity index (χ4v) is 2.42. The highest BCUT2D eigenvalue weighted by Gasteiger charge is 2.16. The highest BCUT2D eigenvalue weighted by Crippen LogP contribution is 2.19. The number of benzene rings is 2. The minimum atomic E-state index is -3.86. The highest BCUT2D eigenvalue weighted by atomic mass is 32.2. The summed E-state index contributed by atoms with van der Waals surface area (Å²) in [5, 5.41) is 8.75. The van der Waals surface area contributed by atoms with E-state index in [4.69, 9.17) is 9.44 Å². The van der Waals surface area contributed by atoms with Crippen molar-refractivity contribution in [2.24, 2.45) is 0 Å². The van der Waals surface area contributed by atoms with Crippen molar-refractivity contribution in [2.75, 3.05) is 0 Å². The molecule has 0 saturated heterocycles. The van der Waals surface area contributed by atoms with E-state index in [0.717, 1.165) is 5.56 Å². The number of rotatable bonds is 3. The van der Waals surface area contributed by atoms with Gasteiger partial charge in [0.1, 0.15) is 10.6 Å². The molecule has 19 heavy (non-hydrogen) atoms. The second kappa shape index (κ2) is 5.12. The molecule has 0 amide bonds. The van der Waals surface area contributed by atoms with E-state index < -0.39 is 10.1 Å². The van der Waals surface area contributed by atoms with E-state index in [2.05, 4.69) is 0 Å². The van der Waals surface area contributed by atoms with Crippen LogP contribution in [-0.2, 0) is 10.1 Å². The minimum Gasteiger partial charge on any atom is -0.379 e. The number of hydrogen-bond donors (Lipinski definition) is 0. The van der Waals surface area contributed by atoms with E-state index >= 15 is 0 Å². The topological polar surface area (TPSA) is 67.2 Å². The Hall–Kier alpha value is -2.32. The molecule has 0 unspecified atom stereocenters. The molecule has 0 aliphatic rings. The van der Waals surface area contributed by atoms with Crippen molar-refractivity contribution >= 4 is 10.1 Å². The van der Waals surface area contributed by atoms with Gasteiger partial charge in [0.2, 0.25) is 0 Å². The molecule has 0 aliphatic carbocycles. The molecule has 0 atom stereocenters. The molecule has 0 spiro atoms. The molecule has 5 heteroatoms. The minimum absolute atomic E-state index is 0.0838. The summed E-state index contributed by atoms with van der Waals surface area (Å²) < 4.78 is 29.0. The first-order valence-electron chi connectivity index (χ1n) is 5.52. The van der Waals surface area contributed by atoms with Crippen molar-refractivity contribution in [3.05, 3.63) is 59.7 Å². The number of nitriles is 1. The second-order valence-corrected chi connectivity index (χ2v) is 5.54. The van der Waals surface area contributed by atoms with Crippen LogP contribution in [0, 0.1) is 18.3 Å². The summed E-state index contributed by atoms with van der Waals surface area (Å²) in [5.41, 5.74) is 1.31. The Kier molecular flexibility index (Phi) is 3.54. The quantitative estimate of drug-likeness (QED) is 0.806. The summed E-state index contributed by atoms with van der Waals surface area (Å²) in [6.07, 6.45) is 0. The largest absolute Gasteiger partial charge is 0.379 e. The van der Waals surface area contributed by atoms with E-state index in [0.29, 0.717) is 5.56 Å². The van der Waals surface area contributed by atoms with Crippen LogP contribution < -0.4 is 4.18 Å². The fourth-order valence-electron chi connectivity index (χ4n) is 1.50. The van der Waals surface area contributed by atoms with Crippen LogP contribution in [0.4, 0.5) is 0 Å². The lowest BCUT2D eigenvalue weighted by Crippen LogP contribution is -2.09. The third-order valence-electron chi connectivity index (χ3n) is 2.48. The van der Waals surface area contributed by atoms with Gasteiger partial charge < -0.3 is 4.18 Å². The van der Waals surface area contributed by atoms with Crippen LogP contribution in [0.1, 0.15) is 11.1 Å².